The minimum absolute atomic E-state index is 0.240. The molecule has 8 N–H and O–H groups in total. The highest BCUT2D eigenvalue weighted by Crippen LogP contribution is 2.30. The average molecular weight is 373 g/mol. The van der Waals surface area contributed by atoms with Crippen LogP contribution in [0.3, 0.4) is 0 Å². The van der Waals surface area contributed by atoms with E-state index in [2.05, 4.69) is 9.97 Å². The lowest BCUT2D eigenvalue weighted by molar-refractivity contribution is -0.0529. The molecule has 1 aliphatic rings. The number of nitrogens with one attached hydrogen (secondary N) is 1. The van der Waals surface area contributed by atoms with Crippen LogP contribution in [0.1, 0.15) is 6.23 Å². The number of H-pyrrole nitrogens is 1. The van der Waals surface area contributed by atoms with Crippen LogP contribution in [-0.4, -0.2) is 82.3 Å². The molecule has 1 aliphatic heterocycles. The Balaban J connectivity index is 2.24. The second kappa shape index (κ2) is 6.79. The Morgan fingerprint density at radius 1 is 1.27 bits per heavy atom. The zero-order valence-corrected chi connectivity index (χ0v) is 13.4. The number of nitrogen functional groups attached to an aromatic ring is 1. The Hall–Kier alpha value is -2.29. The van der Waals surface area contributed by atoms with Gasteiger partial charge in [0.15, 0.2) is 17.4 Å². The highest BCUT2D eigenvalue weighted by molar-refractivity contribution is 5.71. The van der Waals surface area contributed by atoms with Crippen LogP contribution in [0.25, 0.3) is 11.2 Å². The first-order valence-electron chi connectivity index (χ1n) is 7.72. The van der Waals surface area contributed by atoms with E-state index in [0.29, 0.717) is 0 Å². The molecule has 0 saturated carbocycles. The lowest BCUT2D eigenvalue weighted by Crippen LogP contribution is -2.37. The Morgan fingerprint density at radius 3 is 2.54 bits per heavy atom. The number of aromatic amines is 1. The molecular formula is C13H19N5O8. The van der Waals surface area contributed by atoms with Crippen molar-refractivity contribution in [1.29, 1.82) is 0 Å². The van der Waals surface area contributed by atoms with E-state index in [9.17, 15) is 30.0 Å². The Kier molecular flexibility index (Phi) is 4.83. The molecule has 144 valence electrons. The number of aliphatic hydroxyl groups excluding tert-OH is 5. The molecular weight excluding hydrogens is 354 g/mol. The minimum atomic E-state index is -1.59. The molecule has 1 saturated heterocycles. The molecule has 26 heavy (non-hydrogen) atoms. The average Bonchev–Trinajstić information content (AvgIpc) is 3.02. The van der Waals surface area contributed by atoms with Crippen molar-refractivity contribution in [2.24, 2.45) is 0 Å². The first kappa shape index (κ1) is 18.5. The normalized spacial score (nSPS) is 27.3. The zero-order valence-electron chi connectivity index (χ0n) is 13.4. The third-order valence-electron chi connectivity index (χ3n) is 4.21. The molecule has 0 aromatic carbocycles. The predicted octanol–water partition coefficient (Wildman–Crippen LogP) is -4.57. The van der Waals surface area contributed by atoms with Crippen LogP contribution in [0, 0.1) is 0 Å². The molecule has 0 bridgehead atoms. The fraction of sp³-hybridized carbons (Fsp3) is 0.615. The van der Waals surface area contributed by atoms with Crippen LogP contribution in [-0.2, 0) is 11.3 Å². The third-order valence-corrected chi connectivity index (χ3v) is 4.21. The fourth-order valence-corrected chi connectivity index (χ4v) is 2.96. The molecule has 0 radical (unpaired) electrons. The molecule has 1 unspecified atom stereocenters. The summed E-state index contributed by atoms with van der Waals surface area (Å²) in [5.41, 5.74) is 3.37. The van der Waals surface area contributed by atoms with Crippen molar-refractivity contribution in [2.45, 2.75) is 37.2 Å². The van der Waals surface area contributed by atoms with E-state index in [0.717, 1.165) is 9.13 Å². The second-order valence-electron chi connectivity index (χ2n) is 5.95. The van der Waals surface area contributed by atoms with E-state index in [4.69, 9.17) is 15.6 Å². The summed E-state index contributed by atoms with van der Waals surface area (Å²) < 4.78 is 7.00. The van der Waals surface area contributed by atoms with E-state index in [-0.39, 0.29) is 17.1 Å². The Morgan fingerprint density at radius 2 is 1.96 bits per heavy atom. The van der Waals surface area contributed by atoms with Crippen LogP contribution in [0.2, 0.25) is 0 Å². The number of hydrogen-bond acceptors (Lipinski definition) is 10. The minimum Gasteiger partial charge on any atom is -0.394 e. The van der Waals surface area contributed by atoms with Crippen LogP contribution in [0.5, 0.6) is 0 Å². The van der Waals surface area contributed by atoms with E-state index in [1.807, 2.05) is 0 Å². The molecule has 5 atom stereocenters. The van der Waals surface area contributed by atoms with Crippen LogP contribution >= 0.6 is 0 Å². The van der Waals surface area contributed by atoms with Gasteiger partial charge in [-0.2, -0.15) is 4.98 Å². The summed E-state index contributed by atoms with van der Waals surface area (Å²) in [6.07, 6.45) is -7.00. The highest BCUT2D eigenvalue weighted by atomic mass is 16.6. The van der Waals surface area contributed by atoms with E-state index in [1.165, 1.54) is 0 Å². The first-order valence-corrected chi connectivity index (χ1v) is 7.72. The van der Waals surface area contributed by atoms with E-state index >= 15 is 0 Å². The van der Waals surface area contributed by atoms with Gasteiger partial charge in [-0.05, 0) is 0 Å². The number of hydrogen-bond donors (Lipinski definition) is 7. The van der Waals surface area contributed by atoms with Crippen molar-refractivity contribution >= 4 is 17.1 Å². The molecule has 13 nitrogen and oxygen atoms in total. The number of aromatic nitrogens is 4. The third kappa shape index (κ3) is 2.80. The van der Waals surface area contributed by atoms with Gasteiger partial charge < -0.3 is 36.0 Å². The largest absolute Gasteiger partial charge is 0.394 e. The summed E-state index contributed by atoms with van der Waals surface area (Å²) in [7, 11) is 0. The van der Waals surface area contributed by atoms with Gasteiger partial charge in [0.2, 0.25) is 5.95 Å². The number of fused-ring (bicyclic) bond motifs is 1. The van der Waals surface area contributed by atoms with Crippen molar-refractivity contribution in [1.82, 2.24) is 19.1 Å². The van der Waals surface area contributed by atoms with Crippen molar-refractivity contribution in [3.8, 4) is 0 Å². The topological polar surface area (TPSA) is 209 Å². The molecule has 3 heterocycles. The lowest BCUT2D eigenvalue weighted by Gasteiger charge is -2.15. The van der Waals surface area contributed by atoms with Crippen molar-refractivity contribution in [3.63, 3.8) is 0 Å². The lowest BCUT2D eigenvalue weighted by atomic mass is 10.1. The number of imidazole rings is 1. The Bertz CT molecular complexity index is 920. The maximum absolute atomic E-state index is 12.8. The highest BCUT2D eigenvalue weighted by Gasteiger charge is 2.45. The van der Waals surface area contributed by atoms with E-state index < -0.39 is 61.7 Å². The van der Waals surface area contributed by atoms with Crippen molar-refractivity contribution < 1.29 is 30.3 Å². The van der Waals surface area contributed by atoms with Gasteiger partial charge in [0.25, 0.3) is 5.56 Å². The van der Waals surface area contributed by atoms with Gasteiger partial charge in [-0.25, -0.2) is 9.36 Å². The molecule has 1 fully saturated rings. The van der Waals surface area contributed by atoms with Gasteiger partial charge in [0.1, 0.15) is 18.3 Å². The fourth-order valence-electron chi connectivity index (χ4n) is 2.96. The summed E-state index contributed by atoms with van der Waals surface area (Å²) >= 11 is 0. The molecule has 0 aliphatic carbocycles. The first-order chi connectivity index (χ1) is 12.3. The van der Waals surface area contributed by atoms with Gasteiger partial charge in [0.05, 0.1) is 25.9 Å². The standard InChI is InChI=1S/C13H19N5O8/c14-12-15-9-6(10(24)16-12)17(1-4(21)2-19)13(25)18(9)11-8(23)7(22)5(3-20)26-11/h4-5,7-8,11,19-23H,1-3H2,(H3,14,15,16,24)/t4?,5-,7-,8-,11-/m1/s1. The molecule has 13 heteroatoms. The summed E-state index contributed by atoms with van der Waals surface area (Å²) in [6, 6.07) is 0. The maximum Gasteiger partial charge on any atom is 0.332 e. The predicted molar refractivity (Wildman–Crippen MR) is 85.1 cm³/mol. The van der Waals surface area contributed by atoms with Crippen LogP contribution < -0.4 is 17.0 Å². The number of nitrogens with two attached hydrogens (primary N) is 1. The Labute approximate surface area is 144 Å². The summed E-state index contributed by atoms with van der Waals surface area (Å²) in [5, 5.41) is 48.0. The quantitative estimate of drug-likeness (QED) is 0.267. The number of ether oxygens (including phenoxy) is 1. The second-order valence-corrected chi connectivity index (χ2v) is 5.95. The number of rotatable bonds is 5. The van der Waals surface area contributed by atoms with E-state index in [1.54, 1.807) is 0 Å². The van der Waals surface area contributed by atoms with Crippen LogP contribution in [0.4, 0.5) is 5.95 Å². The van der Waals surface area contributed by atoms with Crippen LogP contribution in [0.15, 0.2) is 9.59 Å². The van der Waals surface area contributed by atoms with Gasteiger partial charge in [-0.15, -0.1) is 0 Å². The molecule has 0 amide bonds. The van der Waals surface area contributed by atoms with Gasteiger partial charge in [-0.3, -0.25) is 14.3 Å². The van der Waals surface area contributed by atoms with Gasteiger partial charge in [0, 0.05) is 0 Å². The molecule has 3 rings (SSSR count). The number of nitrogens with zero attached hydrogens (tertiary/aromatic N) is 3. The molecule has 2 aromatic rings. The zero-order chi connectivity index (χ0) is 19.2. The summed E-state index contributed by atoms with van der Waals surface area (Å²) in [5.74, 6) is -0.303. The van der Waals surface area contributed by atoms with Crippen molar-refractivity contribution in [2.75, 3.05) is 18.9 Å². The molecule has 0 spiro atoms. The SMILES string of the molecule is Nc1nc2c(c(=O)[nH]1)n(CC(O)CO)c(=O)n2[C@@H]1O[C@H](CO)[C@@H](O)[C@H]1O. The monoisotopic (exact) mass is 373 g/mol. The number of aliphatic hydroxyl groups is 5. The smallest absolute Gasteiger partial charge is 0.332 e. The van der Waals surface area contributed by atoms with Gasteiger partial charge >= 0.3 is 5.69 Å². The summed E-state index contributed by atoms with van der Waals surface area (Å²) in [6.45, 7) is -1.70. The van der Waals surface area contributed by atoms with Gasteiger partial charge in [-0.1, -0.05) is 0 Å². The van der Waals surface area contributed by atoms with Crippen molar-refractivity contribution in [3.05, 3.63) is 20.8 Å². The number of anilines is 1. The summed E-state index contributed by atoms with van der Waals surface area (Å²) in [4.78, 5) is 31.2. The maximum atomic E-state index is 12.8. The molecule has 2 aromatic heterocycles.